The van der Waals surface area contributed by atoms with Crippen molar-refractivity contribution in [2.24, 2.45) is 17.6 Å². The summed E-state index contributed by atoms with van der Waals surface area (Å²) < 4.78 is 11.0. The van der Waals surface area contributed by atoms with Crippen LogP contribution in [0.2, 0.25) is 0 Å². The summed E-state index contributed by atoms with van der Waals surface area (Å²) in [7, 11) is 0. The zero-order valence-electron chi connectivity index (χ0n) is 14.2. The van der Waals surface area contributed by atoms with Crippen LogP contribution in [0.1, 0.15) is 45.2 Å². The molecule has 0 amide bonds. The Morgan fingerprint density at radius 3 is 2.30 bits per heavy atom. The highest BCUT2D eigenvalue weighted by Crippen LogP contribution is 2.38. The van der Waals surface area contributed by atoms with Crippen LogP contribution in [0.4, 0.5) is 0 Å². The van der Waals surface area contributed by atoms with Crippen molar-refractivity contribution in [1.82, 2.24) is 0 Å². The van der Waals surface area contributed by atoms with Crippen LogP contribution in [-0.2, 0) is 22.4 Å². The molecule has 126 valence electrons. The summed E-state index contributed by atoms with van der Waals surface area (Å²) in [5, 5.41) is 0. The van der Waals surface area contributed by atoms with Crippen molar-refractivity contribution in [2.75, 3.05) is 0 Å². The summed E-state index contributed by atoms with van der Waals surface area (Å²) in [6, 6.07) is 3.71. The summed E-state index contributed by atoms with van der Waals surface area (Å²) in [5.41, 5.74) is 8.00. The molecule has 0 spiro atoms. The first-order valence-corrected chi connectivity index (χ1v) is 8.13. The van der Waals surface area contributed by atoms with Crippen LogP contribution in [-0.4, -0.2) is 18.0 Å². The van der Waals surface area contributed by atoms with Gasteiger partial charge in [0, 0.05) is 11.6 Å². The van der Waals surface area contributed by atoms with E-state index in [4.69, 9.17) is 15.2 Å². The molecule has 1 atom stereocenters. The van der Waals surface area contributed by atoms with Crippen molar-refractivity contribution in [3.63, 3.8) is 0 Å². The number of benzene rings is 1. The van der Waals surface area contributed by atoms with E-state index >= 15 is 0 Å². The Morgan fingerprint density at radius 2 is 1.70 bits per heavy atom. The normalized spacial score (nSPS) is 17.1. The first-order chi connectivity index (χ1) is 10.8. The van der Waals surface area contributed by atoms with E-state index in [-0.39, 0.29) is 29.8 Å². The third-order valence-electron chi connectivity index (χ3n) is 3.92. The zero-order valence-corrected chi connectivity index (χ0v) is 14.2. The van der Waals surface area contributed by atoms with Gasteiger partial charge in [0.2, 0.25) is 0 Å². The lowest BCUT2D eigenvalue weighted by Crippen LogP contribution is -2.29. The molecule has 0 bridgehead atoms. The highest BCUT2D eigenvalue weighted by molar-refractivity contribution is 5.79. The standard InChI is InChI=1S/C18H25NO4/c1-10(2)17(20)22-15-8-5-12-9-13(19)6-7-14(12)16(15)23-18(21)11(3)4/h5,8,10-11,13H,6-7,9,19H2,1-4H3/t13-/m0/s1. The van der Waals surface area contributed by atoms with E-state index in [1.165, 1.54) is 0 Å². The number of hydrogen-bond acceptors (Lipinski definition) is 5. The minimum Gasteiger partial charge on any atom is -0.422 e. The molecule has 23 heavy (non-hydrogen) atoms. The van der Waals surface area contributed by atoms with Crippen LogP contribution in [0.25, 0.3) is 0 Å². The number of rotatable bonds is 4. The fraction of sp³-hybridized carbons (Fsp3) is 0.556. The molecule has 1 aromatic carbocycles. The molecule has 5 nitrogen and oxygen atoms in total. The Kier molecular flexibility index (Phi) is 5.42. The number of carbonyl (C=O) groups excluding carboxylic acids is 2. The van der Waals surface area contributed by atoms with Crippen LogP contribution in [0.3, 0.4) is 0 Å². The van der Waals surface area contributed by atoms with Crippen LogP contribution in [0.5, 0.6) is 11.5 Å². The van der Waals surface area contributed by atoms with Gasteiger partial charge >= 0.3 is 11.9 Å². The molecule has 0 saturated heterocycles. The van der Waals surface area contributed by atoms with Gasteiger partial charge in [0.1, 0.15) is 0 Å². The van der Waals surface area contributed by atoms with Crippen molar-refractivity contribution in [3.8, 4) is 11.5 Å². The number of hydrogen-bond donors (Lipinski definition) is 1. The van der Waals surface area contributed by atoms with Gasteiger partial charge in [-0.05, 0) is 30.9 Å². The lowest BCUT2D eigenvalue weighted by Gasteiger charge is -2.25. The lowest BCUT2D eigenvalue weighted by atomic mass is 9.88. The van der Waals surface area contributed by atoms with Gasteiger partial charge in [0.05, 0.1) is 11.8 Å². The Morgan fingerprint density at radius 1 is 1.09 bits per heavy atom. The molecule has 1 aliphatic carbocycles. The molecule has 2 rings (SSSR count). The number of esters is 2. The third kappa shape index (κ3) is 4.10. The van der Waals surface area contributed by atoms with Gasteiger partial charge in [-0.2, -0.15) is 0 Å². The Bertz CT molecular complexity index is 607. The largest absolute Gasteiger partial charge is 0.422 e. The SMILES string of the molecule is CC(C)C(=O)Oc1ccc2c(c1OC(=O)C(C)C)CC[C@H](N)C2. The molecular formula is C18H25NO4. The Labute approximate surface area is 137 Å². The first kappa shape index (κ1) is 17.5. The maximum atomic E-state index is 12.0. The average Bonchev–Trinajstić information content (AvgIpc) is 2.48. The number of ether oxygens (including phenoxy) is 2. The second kappa shape index (κ2) is 7.13. The predicted octanol–water partition coefficient (Wildman–Crippen LogP) is 2.63. The zero-order chi connectivity index (χ0) is 17.1. The smallest absolute Gasteiger partial charge is 0.313 e. The van der Waals surface area contributed by atoms with E-state index < -0.39 is 0 Å². The van der Waals surface area contributed by atoms with E-state index in [1.807, 2.05) is 6.07 Å². The number of nitrogens with two attached hydrogens (primary N) is 1. The second-order valence-electron chi connectivity index (χ2n) is 6.68. The second-order valence-corrected chi connectivity index (χ2v) is 6.68. The molecule has 0 unspecified atom stereocenters. The van der Waals surface area contributed by atoms with E-state index in [0.717, 1.165) is 24.0 Å². The molecule has 1 aromatic rings. The van der Waals surface area contributed by atoms with Crippen molar-refractivity contribution >= 4 is 11.9 Å². The maximum Gasteiger partial charge on any atom is 0.313 e. The molecule has 1 aliphatic rings. The van der Waals surface area contributed by atoms with E-state index in [9.17, 15) is 9.59 Å². The molecule has 0 radical (unpaired) electrons. The third-order valence-corrected chi connectivity index (χ3v) is 3.92. The van der Waals surface area contributed by atoms with Gasteiger partial charge in [-0.1, -0.05) is 33.8 Å². The highest BCUT2D eigenvalue weighted by Gasteiger charge is 2.26. The molecule has 0 aliphatic heterocycles. The summed E-state index contributed by atoms with van der Waals surface area (Å²) in [6.45, 7) is 7.07. The molecule has 0 aromatic heterocycles. The summed E-state index contributed by atoms with van der Waals surface area (Å²) in [5.74, 6) is -0.512. The van der Waals surface area contributed by atoms with E-state index in [0.29, 0.717) is 17.9 Å². The minimum atomic E-state index is -0.348. The molecule has 0 fully saturated rings. The Balaban J connectivity index is 2.41. The Hall–Kier alpha value is -1.88. The van der Waals surface area contributed by atoms with Gasteiger partial charge in [0.15, 0.2) is 11.5 Å². The summed E-state index contributed by atoms with van der Waals surface area (Å²) in [4.78, 5) is 24.0. The lowest BCUT2D eigenvalue weighted by molar-refractivity contribution is -0.140. The van der Waals surface area contributed by atoms with E-state index in [1.54, 1.807) is 33.8 Å². The highest BCUT2D eigenvalue weighted by atomic mass is 16.6. The summed E-state index contributed by atoms with van der Waals surface area (Å²) >= 11 is 0. The van der Waals surface area contributed by atoms with E-state index in [2.05, 4.69) is 0 Å². The van der Waals surface area contributed by atoms with Crippen LogP contribution in [0, 0.1) is 11.8 Å². The van der Waals surface area contributed by atoms with Crippen molar-refractivity contribution in [3.05, 3.63) is 23.3 Å². The summed E-state index contributed by atoms with van der Waals surface area (Å²) in [6.07, 6.45) is 2.27. The fourth-order valence-corrected chi connectivity index (χ4v) is 2.46. The average molecular weight is 319 g/mol. The predicted molar refractivity (Wildman–Crippen MR) is 87.4 cm³/mol. The molecule has 2 N–H and O–H groups in total. The van der Waals surface area contributed by atoms with Crippen LogP contribution >= 0.6 is 0 Å². The van der Waals surface area contributed by atoms with Crippen LogP contribution in [0.15, 0.2) is 12.1 Å². The van der Waals surface area contributed by atoms with Gasteiger partial charge in [-0.25, -0.2) is 0 Å². The van der Waals surface area contributed by atoms with Crippen molar-refractivity contribution < 1.29 is 19.1 Å². The molecule has 0 heterocycles. The minimum absolute atomic E-state index is 0.111. The maximum absolute atomic E-state index is 12.0. The van der Waals surface area contributed by atoms with Gasteiger partial charge in [-0.15, -0.1) is 0 Å². The molecule has 0 saturated carbocycles. The van der Waals surface area contributed by atoms with Crippen molar-refractivity contribution in [1.29, 1.82) is 0 Å². The van der Waals surface area contributed by atoms with Crippen LogP contribution < -0.4 is 15.2 Å². The fourth-order valence-electron chi connectivity index (χ4n) is 2.46. The number of carbonyl (C=O) groups is 2. The molecular weight excluding hydrogens is 294 g/mol. The molecule has 5 heteroatoms. The topological polar surface area (TPSA) is 78.6 Å². The number of fused-ring (bicyclic) bond motifs is 1. The first-order valence-electron chi connectivity index (χ1n) is 8.13. The van der Waals surface area contributed by atoms with Gasteiger partial charge in [0.25, 0.3) is 0 Å². The van der Waals surface area contributed by atoms with Gasteiger partial charge < -0.3 is 15.2 Å². The van der Waals surface area contributed by atoms with Gasteiger partial charge in [-0.3, -0.25) is 9.59 Å². The van der Waals surface area contributed by atoms with Crippen molar-refractivity contribution in [2.45, 2.75) is 53.0 Å². The monoisotopic (exact) mass is 319 g/mol. The quantitative estimate of drug-likeness (QED) is 0.682.